The number of aromatic nitrogens is 6. The molecule has 0 radical (unpaired) electrons. The van der Waals surface area contributed by atoms with E-state index in [1.165, 1.54) is 12.1 Å². The van der Waals surface area contributed by atoms with Crippen LogP contribution in [-0.2, 0) is 16.0 Å². The number of hydrogen-bond donors (Lipinski definition) is 0. The molecular formula is C26H27F2N7O2. The van der Waals surface area contributed by atoms with Crippen LogP contribution in [0.5, 0.6) is 0 Å². The van der Waals surface area contributed by atoms with Crippen LogP contribution in [-0.4, -0.2) is 62.1 Å². The number of morpholine rings is 1. The van der Waals surface area contributed by atoms with Crippen LogP contribution < -0.4 is 4.90 Å². The molecule has 2 aliphatic rings. The number of rotatable bonds is 5. The summed E-state index contributed by atoms with van der Waals surface area (Å²) < 4.78 is 42.0. The summed E-state index contributed by atoms with van der Waals surface area (Å²) in [6, 6.07) is 3.43. The monoisotopic (exact) mass is 507 g/mol. The van der Waals surface area contributed by atoms with E-state index < -0.39 is 11.6 Å². The average molecular weight is 508 g/mol. The third-order valence-electron chi connectivity index (χ3n) is 6.84. The Hall–Kier alpha value is -3.57. The molecule has 37 heavy (non-hydrogen) atoms. The maximum Gasteiger partial charge on any atom is 0.228 e. The molecule has 0 spiro atoms. The topological polar surface area (TPSA) is 91.1 Å². The average Bonchev–Trinajstić information content (AvgIpc) is 3.30. The van der Waals surface area contributed by atoms with Gasteiger partial charge in [0.15, 0.2) is 5.65 Å². The van der Waals surface area contributed by atoms with E-state index in [2.05, 4.69) is 15.1 Å². The fourth-order valence-corrected chi connectivity index (χ4v) is 4.71. The summed E-state index contributed by atoms with van der Waals surface area (Å²) in [5, 5.41) is 4.51. The number of ether oxygens (including phenoxy) is 2. The summed E-state index contributed by atoms with van der Waals surface area (Å²) in [7, 11) is 0. The Morgan fingerprint density at radius 1 is 1.03 bits per heavy atom. The molecule has 0 aliphatic carbocycles. The lowest BCUT2D eigenvalue weighted by molar-refractivity contribution is -0.0409. The van der Waals surface area contributed by atoms with E-state index >= 15 is 0 Å². The predicted molar refractivity (Wildman–Crippen MR) is 132 cm³/mol. The van der Waals surface area contributed by atoms with Crippen molar-refractivity contribution in [2.75, 3.05) is 31.2 Å². The molecule has 2 fully saturated rings. The predicted octanol–water partition coefficient (Wildman–Crippen LogP) is 3.79. The van der Waals surface area contributed by atoms with Crippen molar-refractivity contribution in [3.05, 3.63) is 59.2 Å². The first kappa shape index (κ1) is 23.8. The molecule has 0 bridgehead atoms. The lowest BCUT2D eigenvalue weighted by Crippen LogP contribution is -2.43. The van der Waals surface area contributed by atoms with Crippen molar-refractivity contribution >= 4 is 17.1 Å². The molecule has 2 atom stereocenters. The molecule has 2 aliphatic heterocycles. The molecule has 3 aromatic heterocycles. The lowest BCUT2D eigenvalue weighted by Gasteiger charge is -2.36. The Morgan fingerprint density at radius 3 is 2.59 bits per heavy atom. The Bertz CT molecular complexity index is 1470. The molecule has 0 amide bonds. The largest absolute Gasteiger partial charge is 0.381 e. The third kappa shape index (κ3) is 4.64. The molecule has 9 nitrogen and oxygen atoms in total. The third-order valence-corrected chi connectivity index (χ3v) is 6.84. The van der Waals surface area contributed by atoms with E-state index in [4.69, 9.17) is 19.4 Å². The Labute approximate surface area is 212 Å². The fourth-order valence-electron chi connectivity index (χ4n) is 4.71. The molecule has 0 N–H and O–H groups in total. The number of halogens is 2. The quantitative estimate of drug-likeness (QED) is 0.403. The molecule has 0 saturated carbocycles. The molecule has 11 heteroatoms. The van der Waals surface area contributed by atoms with Crippen molar-refractivity contribution in [2.24, 2.45) is 5.92 Å². The Kier molecular flexibility index (Phi) is 6.04. The van der Waals surface area contributed by atoms with Gasteiger partial charge < -0.3 is 14.4 Å². The van der Waals surface area contributed by atoms with Crippen LogP contribution in [0.2, 0.25) is 0 Å². The molecule has 5 heterocycles. The second-order valence-electron chi connectivity index (χ2n) is 9.80. The van der Waals surface area contributed by atoms with Crippen LogP contribution in [0.4, 0.5) is 14.7 Å². The van der Waals surface area contributed by atoms with Gasteiger partial charge in [-0.25, -0.2) is 23.7 Å². The van der Waals surface area contributed by atoms with Gasteiger partial charge in [0.2, 0.25) is 5.95 Å². The van der Waals surface area contributed by atoms with Crippen molar-refractivity contribution < 1.29 is 18.3 Å². The van der Waals surface area contributed by atoms with Gasteiger partial charge in [0, 0.05) is 42.4 Å². The van der Waals surface area contributed by atoms with Crippen LogP contribution in [0.15, 0.2) is 30.6 Å². The van der Waals surface area contributed by atoms with Gasteiger partial charge in [-0.2, -0.15) is 10.1 Å². The van der Waals surface area contributed by atoms with Gasteiger partial charge in [-0.1, -0.05) is 0 Å². The minimum Gasteiger partial charge on any atom is -0.381 e. The summed E-state index contributed by atoms with van der Waals surface area (Å²) in [5.74, 6) is -0.500. The molecule has 1 aromatic carbocycles. The van der Waals surface area contributed by atoms with E-state index in [0.29, 0.717) is 41.8 Å². The van der Waals surface area contributed by atoms with E-state index in [1.807, 2.05) is 42.7 Å². The van der Waals surface area contributed by atoms with Gasteiger partial charge in [-0.15, -0.1) is 0 Å². The van der Waals surface area contributed by atoms with Crippen LogP contribution in [0.1, 0.15) is 30.0 Å². The number of anilines is 1. The number of nitrogens with zero attached hydrogens (tertiary/aromatic N) is 7. The summed E-state index contributed by atoms with van der Waals surface area (Å²) in [6.45, 7) is 9.02. The highest BCUT2D eigenvalue weighted by atomic mass is 19.1. The van der Waals surface area contributed by atoms with E-state index in [9.17, 15) is 8.78 Å². The second kappa shape index (κ2) is 9.38. The van der Waals surface area contributed by atoms with Gasteiger partial charge in [0.25, 0.3) is 0 Å². The van der Waals surface area contributed by atoms with E-state index in [0.717, 1.165) is 37.1 Å². The molecule has 2 saturated heterocycles. The molecule has 4 aromatic rings. The Balaban J connectivity index is 1.37. The molecular weight excluding hydrogens is 480 g/mol. The van der Waals surface area contributed by atoms with Crippen molar-refractivity contribution in [2.45, 2.75) is 39.5 Å². The van der Waals surface area contributed by atoms with Gasteiger partial charge >= 0.3 is 0 Å². The Morgan fingerprint density at radius 2 is 1.84 bits per heavy atom. The first-order chi connectivity index (χ1) is 17.8. The number of benzene rings is 1. The SMILES string of the molecule is Cc1nc2nc(N3C[C@@H](C)O[C@H](c4cnn(CC5COC5)c4)C3)nc(-c3ccc(F)cc3F)c2nc1C. The zero-order chi connectivity index (χ0) is 25.7. The second-order valence-corrected chi connectivity index (χ2v) is 9.80. The maximum absolute atomic E-state index is 14.9. The number of fused-ring (bicyclic) bond motifs is 1. The number of aryl methyl sites for hydroxylation is 2. The summed E-state index contributed by atoms with van der Waals surface area (Å²) >= 11 is 0. The zero-order valence-corrected chi connectivity index (χ0v) is 20.9. The highest BCUT2D eigenvalue weighted by Crippen LogP contribution is 2.32. The highest BCUT2D eigenvalue weighted by Gasteiger charge is 2.31. The first-order valence-corrected chi connectivity index (χ1v) is 12.3. The molecule has 0 unspecified atom stereocenters. The first-order valence-electron chi connectivity index (χ1n) is 12.3. The normalized spacial score (nSPS) is 20.4. The minimum absolute atomic E-state index is 0.113. The summed E-state index contributed by atoms with van der Waals surface area (Å²) in [6.07, 6.45) is 3.49. The van der Waals surface area contributed by atoms with Crippen LogP contribution in [0.3, 0.4) is 0 Å². The van der Waals surface area contributed by atoms with Crippen molar-refractivity contribution in [1.82, 2.24) is 29.7 Å². The van der Waals surface area contributed by atoms with Crippen molar-refractivity contribution in [1.29, 1.82) is 0 Å². The summed E-state index contributed by atoms with van der Waals surface area (Å²) in [5.41, 5.74) is 3.53. The smallest absolute Gasteiger partial charge is 0.228 e. The minimum atomic E-state index is -0.719. The lowest BCUT2D eigenvalue weighted by atomic mass is 10.1. The van der Waals surface area contributed by atoms with Gasteiger partial charge in [-0.3, -0.25) is 4.68 Å². The van der Waals surface area contributed by atoms with Crippen molar-refractivity contribution in [3.63, 3.8) is 0 Å². The maximum atomic E-state index is 14.9. The highest BCUT2D eigenvalue weighted by molar-refractivity contribution is 5.88. The zero-order valence-electron chi connectivity index (χ0n) is 20.9. The fraction of sp³-hybridized carbons (Fsp3) is 0.423. The molecule has 192 valence electrons. The van der Waals surface area contributed by atoms with Crippen LogP contribution in [0, 0.1) is 31.4 Å². The van der Waals surface area contributed by atoms with Crippen LogP contribution >= 0.6 is 0 Å². The number of hydrogen-bond acceptors (Lipinski definition) is 8. The van der Waals surface area contributed by atoms with Gasteiger partial charge in [0.05, 0.1) is 43.4 Å². The van der Waals surface area contributed by atoms with E-state index in [-0.39, 0.29) is 23.5 Å². The summed E-state index contributed by atoms with van der Waals surface area (Å²) in [4.78, 5) is 20.7. The van der Waals surface area contributed by atoms with Gasteiger partial charge in [-0.05, 0) is 32.9 Å². The van der Waals surface area contributed by atoms with Crippen molar-refractivity contribution in [3.8, 4) is 11.3 Å². The van der Waals surface area contributed by atoms with Gasteiger partial charge in [0.1, 0.15) is 28.9 Å². The van der Waals surface area contributed by atoms with Crippen LogP contribution in [0.25, 0.3) is 22.4 Å². The van der Waals surface area contributed by atoms with E-state index in [1.54, 1.807) is 0 Å². The molecule has 6 rings (SSSR count). The standard InChI is InChI=1S/C26H27F2N7O2/c1-14-8-34(11-22(37-14)18-7-29-35(10-18)9-17-12-36-13-17)26-32-23(20-5-4-19(27)6-21(20)28)24-25(33-26)31-16(3)15(2)30-24/h4-7,10,14,17,22H,8-9,11-13H2,1-3H3/t14-,22+/m1/s1.